The standard InChI is InChI=1S/C24H25F2N3O3.C24H26FN3O3.C23H24FN3O2.C22H24FN3O3.C21H21F2N3O2/c1-15(30)21-13-27-29-7-4-18(12-23(21)29)28-14-17(26)11-22(28)20-10-16(25)2-3-24(20)32-19-5-8-31-9-6-19;1-16(29)21-15-26-28-10-6-18(14-23(21)28)27-9-2-3-22(27)20-13-17(25)4-5-24(20)31-19-7-11-30-12-8-19;1-15(28)20-13-25-27-10-8-18(12-22(20)27)26-9-2-3-21(26)19-11-17(24)6-7-23(19)29-14-16-4-5-16;1-15(27)19-14-24-26-9-7-17(13-21(19)26)25-8-3-4-20(25)18-12-16(23)5-6-22(18)29-11-10-28-2;1-14(27)18-13-24-26-9-6-16(12-20(18)26)25-8-2-3-19(25)17-11-15(23)4-5-21(17)28-10-7-22/h2-4,7,10,12-13,17,19,22H,5-6,8-9,11,14H2,1H3;4-6,10,13-15,19,22H,2-3,7-9,11-12H2,1H3;6-8,10-13,16,21H,2-5,9,14H2,1H3;5-7,9,12-14,20H,3-4,8,10-11H2,1-2H3;4-6,9,11-13,19H,2-3,7-8,10H2,1H3/t17-,22+;22-;21-;20-;19-/m01111/s1. The Morgan fingerprint density at radius 2 is 0.617 bits per heavy atom. The van der Waals surface area contributed by atoms with Crippen LogP contribution in [-0.2, 0) is 14.2 Å². The fraction of sp³-hybridized carbons (Fsp3) is 0.386. The Morgan fingerprint density at radius 3 is 0.913 bits per heavy atom. The van der Waals surface area contributed by atoms with E-state index in [0.29, 0.717) is 114 Å². The van der Waals surface area contributed by atoms with Gasteiger partial charge in [-0.3, -0.25) is 24.0 Å². The first-order valence-electron chi connectivity index (χ1n) is 51.1. The van der Waals surface area contributed by atoms with E-state index >= 15 is 0 Å². The molecular weight excluding hydrogens is 1920 g/mol. The molecule has 7 aliphatic heterocycles. The molecule has 0 bridgehead atoms. The molecule has 0 unspecified atom stereocenters. The highest BCUT2D eigenvalue weighted by Gasteiger charge is 2.40. The lowest BCUT2D eigenvalue weighted by Crippen LogP contribution is -2.28. The number of hydrogen-bond donors (Lipinski definition) is 0. The molecular formula is C114H120F7N15O13. The van der Waals surface area contributed by atoms with E-state index in [9.17, 15) is 54.7 Å². The van der Waals surface area contributed by atoms with Crippen LogP contribution in [0, 0.1) is 35.0 Å². The Hall–Kier alpha value is -14.7. The molecule has 1 aliphatic carbocycles. The molecule has 28 nitrogen and oxygen atoms in total. The quantitative estimate of drug-likeness (QED) is 0.0240. The lowest BCUT2D eigenvalue weighted by molar-refractivity contribution is 0.0248. The minimum atomic E-state index is -1.06. The predicted molar refractivity (Wildman–Crippen MR) is 551 cm³/mol. The third-order valence-electron chi connectivity index (χ3n) is 29.0. The molecule has 0 amide bonds. The summed E-state index contributed by atoms with van der Waals surface area (Å²) in [4.78, 5) is 70.6. The van der Waals surface area contributed by atoms with Gasteiger partial charge in [0.1, 0.15) is 96.1 Å². The number of fused-ring (bicyclic) bond motifs is 5. The first kappa shape index (κ1) is 103. The maximum atomic E-state index is 14.7. The molecule has 149 heavy (non-hydrogen) atoms. The first-order chi connectivity index (χ1) is 72.3. The maximum Gasteiger partial charge on any atom is 0.163 e. The summed E-state index contributed by atoms with van der Waals surface area (Å²) >= 11 is 0. The van der Waals surface area contributed by atoms with E-state index in [2.05, 4.69) is 45.1 Å². The smallest absolute Gasteiger partial charge is 0.163 e. The number of benzene rings is 5. The molecule has 6 atom stereocenters. The van der Waals surface area contributed by atoms with Crippen molar-refractivity contribution in [3.05, 3.63) is 298 Å². The van der Waals surface area contributed by atoms with Gasteiger partial charge in [0.05, 0.1) is 156 Å². The van der Waals surface area contributed by atoms with Gasteiger partial charge in [0.25, 0.3) is 0 Å². The van der Waals surface area contributed by atoms with Crippen molar-refractivity contribution in [3.8, 4) is 28.7 Å². The number of pyridine rings is 5. The molecule has 10 aromatic heterocycles. The van der Waals surface area contributed by atoms with E-state index in [-0.39, 0.29) is 120 Å². The molecule has 5 aromatic carbocycles. The van der Waals surface area contributed by atoms with Gasteiger partial charge in [-0.15, -0.1) is 0 Å². The van der Waals surface area contributed by atoms with Crippen molar-refractivity contribution in [1.82, 2.24) is 48.1 Å². The van der Waals surface area contributed by atoms with Crippen LogP contribution in [0.2, 0.25) is 0 Å². The number of carbonyl (C=O) groups is 5. The molecule has 778 valence electrons. The number of alkyl halides is 2. The molecule has 35 heteroatoms. The summed E-state index contributed by atoms with van der Waals surface area (Å²) in [5.41, 5.74) is 15.3. The molecule has 15 aromatic rings. The van der Waals surface area contributed by atoms with Crippen molar-refractivity contribution in [1.29, 1.82) is 0 Å². The molecule has 7 saturated heterocycles. The average molecular weight is 2040 g/mol. The Morgan fingerprint density at radius 1 is 0.336 bits per heavy atom. The van der Waals surface area contributed by atoms with Crippen LogP contribution in [0.25, 0.3) is 27.6 Å². The van der Waals surface area contributed by atoms with Crippen molar-refractivity contribution < 1.29 is 92.6 Å². The minimum absolute atomic E-state index is 0.00369. The van der Waals surface area contributed by atoms with Gasteiger partial charge in [0.15, 0.2) is 28.9 Å². The third-order valence-corrected chi connectivity index (χ3v) is 29.0. The van der Waals surface area contributed by atoms with Gasteiger partial charge in [-0.2, -0.15) is 25.5 Å². The van der Waals surface area contributed by atoms with E-state index in [0.717, 1.165) is 182 Å². The van der Waals surface area contributed by atoms with Gasteiger partial charge in [-0.25, -0.2) is 53.3 Å². The van der Waals surface area contributed by atoms with E-state index in [1.54, 1.807) is 130 Å². The first-order valence-corrected chi connectivity index (χ1v) is 51.1. The number of nitrogens with zero attached hydrogens (tertiary/aromatic N) is 15. The molecule has 8 fully saturated rings. The average Bonchev–Trinajstić information content (AvgIpc) is 1.66. The van der Waals surface area contributed by atoms with Crippen molar-refractivity contribution in [2.24, 2.45) is 5.92 Å². The number of hydrogen-bond acceptors (Lipinski definition) is 23. The lowest BCUT2D eigenvalue weighted by atomic mass is 10.0. The van der Waals surface area contributed by atoms with Crippen LogP contribution in [0.5, 0.6) is 28.7 Å². The SMILES string of the molecule is CC(=O)c1cnn2ccc(N3CCC[C@@H]3c3cc(F)ccc3OC3CCOCC3)cc12.CC(=O)c1cnn2ccc(N3CCC[C@@H]3c3cc(F)ccc3OCC3CC3)cc12.CC(=O)c1cnn2ccc(N3CCC[C@@H]3c3cc(F)ccc3OCCF)cc12.CC(=O)c1cnn2ccc(N3C[C@@H](F)C[C@@H]3c3cc(F)ccc3OC3CCOCC3)cc12.COCCOc1ccc(F)cc1[C@H]1CCCN1c1ccn2ncc(C(C)=O)c2c1. The number of rotatable bonds is 29. The summed E-state index contributed by atoms with van der Waals surface area (Å²) in [6, 6.07) is 42.3. The number of halogens is 7. The predicted octanol–water partition coefficient (Wildman–Crippen LogP) is 22.3. The van der Waals surface area contributed by atoms with Crippen LogP contribution < -0.4 is 48.2 Å². The van der Waals surface area contributed by atoms with Gasteiger partial charge >= 0.3 is 0 Å². The highest BCUT2D eigenvalue weighted by atomic mass is 19.2. The second-order valence-electron chi connectivity index (χ2n) is 39.0. The number of methoxy groups -OCH3 is 1. The monoisotopic (exact) mass is 2040 g/mol. The number of carbonyl (C=O) groups excluding carboxylic acids is 5. The van der Waals surface area contributed by atoms with Crippen LogP contribution in [0.4, 0.5) is 59.2 Å². The Labute approximate surface area is 857 Å². The van der Waals surface area contributed by atoms with Crippen LogP contribution in [0.1, 0.15) is 241 Å². The van der Waals surface area contributed by atoms with Crippen molar-refractivity contribution in [2.45, 2.75) is 180 Å². The summed E-state index contributed by atoms with van der Waals surface area (Å²) in [6.45, 7) is 14.8. The third kappa shape index (κ3) is 23.4. The topological polar surface area (TPSA) is 262 Å². The van der Waals surface area contributed by atoms with Gasteiger partial charge in [-0.1, -0.05) is 0 Å². The van der Waals surface area contributed by atoms with Gasteiger partial charge in [0.2, 0.25) is 0 Å². The van der Waals surface area contributed by atoms with Crippen molar-refractivity contribution in [2.75, 3.05) is 124 Å². The van der Waals surface area contributed by atoms with Gasteiger partial charge in [-0.05, 0) is 256 Å². The van der Waals surface area contributed by atoms with E-state index in [1.165, 1.54) is 75.4 Å². The number of ketones is 5. The summed E-state index contributed by atoms with van der Waals surface area (Å²) in [7, 11) is 1.62. The number of aromatic nitrogens is 10. The van der Waals surface area contributed by atoms with Crippen LogP contribution in [0.3, 0.4) is 0 Å². The fourth-order valence-corrected chi connectivity index (χ4v) is 21.4. The summed E-state index contributed by atoms with van der Waals surface area (Å²) in [5, 5.41) is 21.2. The second-order valence-corrected chi connectivity index (χ2v) is 39.0. The van der Waals surface area contributed by atoms with Crippen molar-refractivity contribution >= 4 is 84.9 Å². The summed E-state index contributed by atoms with van der Waals surface area (Å²) < 4.78 is 152. The zero-order valence-electron chi connectivity index (χ0n) is 84.1. The highest BCUT2D eigenvalue weighted by Crippen LogP contribution is 2.49. The Balaban J connectivity index is 0.000000117. The lowest BCUT2D eigenvalue weighted by Gasteiger charge is -2.30. The minimum Gasteiger partial charge on any atom is -0.493 e. The number of ether oxygens (including phenoxy) is 8. The molecule has 23 rings (SSSR count). The highest BCUT2D eigenvalue weighted by molar-refractivity contribution is 6.04. The molecule has 0 spiro atoms. The second kappa shape index (κ2) is 46.4. The van der Waals surface area contributed by atoms with E-state index in [1.807, 2.05) is 90.4 Å². The number of anilines is 5. The van der Waals surface area contributed by atoms with Gasteiger partial charge in [0, 0.05) is 159 Å². The molecule has 0 radical (unpaired) electrons. The molecule has 1 saturated carbocycles. The maximum absolute atomic E-state index is 14.7. The molecule has 17 heterocycles. The zero-order chi connectivity index (χ0) is 104. The van der Waals surface area contributed by atoms with E-state index < -0.39 is 12.8 Å². The number of Topliss-reactive ketones (excluding diaryl/α,β-unsaturated/α-hetero) is 5. The summed E-state index contributed by atoms with van der Waals surface area (Å²) in [6.07, 6.45) is 29.5. The van der Waals surface area contributed by atoms with Crippen molar-refractivity contribution in [3.63, 3.8) is 0 Å². The Kier molecular flexibility index (Phi) is 32.0. The summed E-state index contributed by atoms with van der Waals surface area (Å²) in [5.74, 6) is 2.26. The molecule has 8 aliphatic rings. The zero-order valence-corrected chi connectivity index (χ0v) is 84.1. The largest absolute Gasteiger partial charge is 0.493 e. The van der Waals surface area contributed by atoms with E-state index in [4.69, 9.17) is 37.9 Å². The van der Waals surface area contributed by atoms with Crippen LogP contribution >= 0.6 is 0 Å². The molecule has 0 N–H and O–H groups in total. The van der Waals surface area contributed by atoms with Gasteiger partial charge < -0.3 is 62.4 Å². The van der Waals surface area contributed by atoms with Crippen LogP contribution in [-0.4, -0.2) is 195 Å². The fourth-order valence-electron chi connectivity index (χ4n) is 21.4. The Bertz CT molecular complexity index is 7360. The normalized spacial score (nSPS) is 18.9. The van der Waals surface area contributed by atoms with Crippen LogP contribution in [0.15, 0.2) is 214 Å².